The van der Waals surface area contributed by atoms with Crippen molar-refractivity contribution in [1.29, 1.82) is 0 Å². The number of hydrogen-bond donors (Lipinski definition) is 3. The molecule has 6 heteroatoms. The summed E-state index contributed by atoms with van der Waals surface area (Å²) >= 11 is 5.47. The second-order valence-electron chi connectivity index (χ2n) is 3.99. The molecule has 0 radical (unpaired) electrons. The Morgan fingerprint density at radius 1 is 1.38 bits per heavy atom. The van der Waals surface area contributed by atoms with Crippen molar-refractivity contribution in [3.05, 3.63) is 11.6 Å². The summed E-state index contributed by atoms with van der Waals surface area (Å²) in [6.45, 7) is 3.75. The van der Waals surface area contributed by atoms with Gasteiger partial charge in [0.2, 0.25) is 0 Å². The van der Waals surface area contributed by atoms with E-state index >= 15 is 0 Å². The standard InChI is InChI=1S/C10H15ClN2O3/c1-7(11)5-12-9(16)13-6-10(8(14)15)3-2-4-10/h1-6H2,(H,14,15)(H2,12,13,16). The number of halogens is 1. The third-order valence-corrected chi connectivity index (χ3v) is 2.93. The third kappa shape index (κ3) is 3.13. The third-order valence-electron chi connectivity index (χ3n) is 2.79. The average Bonchev–Trinajstić information content (AvgIpc) is 2.12. The van der Waals surface area contributed by atoms with Gasteiger partial charge in [-0.2, -0.15) is 0 Å². The number of hydrogen-bond acceptors (Lipinski definition) is 2. The molecule has 1 fully saturated rings. The molecule has 3 N–H and O–H groups in total. The molecular weight excluding hydrogens is 232 g/mol. The Hall–Kier alpha value is -1.23. The van der Waals surface area contributed by atoms with Crippen LogP contribution < -0.4 is 10.6 Å². The number of carboxylic acid groups (broad SMARTS) is 1. The number of amides is 2. The number of rotatable bonds is 5. The summed E-state index contributed by atoms with van der Waals surface area (Å²) in [4.78, 5) is 22.2. The molecule has 0 bridgehead atoms. The monoisotopic (exact) mass is 246 g/mol. The molecule has 0 heterocycles. The molecule has 5 nitrogen and oxygen atoms in total. The van der Waals surface area contributed by atoms with Gasteiger partial charge in [-0.1, -0.05) is 24.6 Å². The zero-order chi connectivity index (χ0) is 12.2. The number of aliphatic carboxylic acids is 1. The van der Waals surface area contributed by atoms with Crippen molar-refractivity contribution in [2.75, 3.05) is 13.1 Å². The minimum atomic E-state index is -0.846. The van der Waals surface area contributed by atoms with Crippen LogP contribution in [-0.2, 0) is 4.79 Å². The fourth-order valence-corrected chi connectivity index (χ4v) is 1.62. The van der Waals surface area contributed by atoms with Crippen LogP contribution in [0.4, 0.5) is 4.79 Å². The lowest BCUT2D eigenvalue weighted by Gasteiger charge is -2.37. The van der Waals surface area contributed by atoms with E-state index in [4.69, 9.17) is 16.7 Å². The summed E-state index contributed by atoms with van der Waals surface area (Å²) in [7, 11) is 0. The lowest BCUT2D eigenvalue weighted by molar-refractivity contribution is -0.153. The predicted molar refractivity (Wildman–Crippen MR) is 60.3 cm³/mol. The fraction of sp³-hybridized carbons (Fsp3) is 0.600. The van der Waals surface area contributed by atoms with Crippen LogP contribution in [0.3, 0.4) is 0 Å². The lowest BCUT2D eigenvalue weighted by atomic mass is 9.69. The first-order chi connectivity index (χ1) is 7.46. The minimum Gasteiger partial charge on any atom is -0.481 e. The molecule has 90 valence electrons. The first-order valence-electron chi connectivity index (χ1n) is 5.05. The maximum Gasteiger partial charge on any atom is 0.315 e. The van der Waals surface area contributed by atoms with Crippen LogP contribution in [0, 0.1) is 5.41 Å². The summed E-state index contributed by atoms with van der Waals surface area (Å²) in [6, 6.07) is -0.422. The van der Waals surface area contributed by atoms with Crippen molar-refractivity contribution in [1.82, 2.24) is 10.6 Å². The Kier molecular flexibility index (Phi) is 4.18. The highest BCUT2D eigenvalue weighted by Crippen LogP contribution is 2.40. The van der Waals surface area contributed by atoms with Crippen LogP contribution in [0.2, 0.25) is 0 Å². The predicted octanol–water partition coefficient (Wildman–Crippen LogP) is 1.29. The average molecular weight is 247 g/mol. The summed E-state index contributed by atoms with van der Waals surface area (Å²) < 4.78 is 0. The highest BCUT2D eigenvalue weighted by Gasteiger charge is 2.44. The van der Waals surface area contributed by atoms with Crippen LogP contribution >= 0.6 is 11.6 Å². The van der Waals surface area contributed by atoms with Gasteiger partial charge >= 0.3 is 12.0 Å². The molecule has 1 aliphatic carbocycles. The highest BCUT2D eigenvalue weighted by molar-refractivity contribution is 6.29. The minimum absolute atomic E-state index is 0.156. The van der Waals surface area contributed by atoms with E-state index in [9.17, 15) is 9.59 Å². The molecule has 1 aliphatic rings. The quantitative estimate of drug-likeness (QED) is 0.684. The van der Waals surface area contributed by atoms with Crippen LogP contribution in [0.1, 0.15) is 19.3 Å². The smallest absolute Gasteiger partial charge is 0.315 e. The van der Waals surface area contributed by atoms with E-state index in [2.05, 4.69) is 17.2 Å². The van der Waals surface area contributed by atoms with Gasteiger partial charge in [0.05, 0.1) is 12.0 Å². The zero-order valence-electron chi connectivity index (χ0n) is 8.88. The van der Waals surface area contributed by atoms with E-state index < -0.39 is 17.4 Å². The summed E-state index contributed by atoms with van der Waals surface area (Å²) in [6.07, 6.45) is 2.13. The van der Waals surface area contributed by atoms with Gasteiger partial charge in [0.1, 0.15) is 0 Å². The van der Waals surface area contributed by atoms with Crippen molar-refractivity contribution in [2.24, 2.45) is 5.41 Å². The van der Waals surface area contributed by atoms with E-state index in [-0.39, 0.29) is 13.1 Å². The van der Waals surface area contributed by atoms with Crippen molar-refractivity contribution >= 4 is 23.6 Å². The molecule has 0 aromatic rings. The van der Waals surface area contributed by atoms with Gasteiger partial charge in [-0.05, 0) is 12.8 Å². The Morgan fingerprint density at radius 2 is 2.00 bits per heavy atom. The molecule has 0 aliphatic heterocycles. The Bertz CT molecular complexity index is 313. The molecular formula is C10H15ClN2O3. The molecule has 16 heavy (non-hydrogen) atoms. The molecule has 1 rings (SSSR count). The molecule has 0 saturated heterocycles. The molecule has 0 spiro atoms. The van der Waals surface area contributed by atoms with Gasteiger partial charge in [-0.15, -0.1) is 0 Å². The maximum atomic E-state index is 11.2. The Balaban J connectivity index is 2.30. The van der Waals surface area contributed by atoms with Crippen LogP contribution in [0.25, 0.3) is 0 Å². The normalized spacial score (nSPS) is 17.1. The second-order valence-corrected chi connectivity index (χ2v) is 4.53. The molecule has 0 atom stereocenters. The van der Waals surface area contributed by atoms with E-state index in [1.807, 2.05) is 0 Å². The summed E-state index contributed by atoms with van der Waals surface area (Å²) in [5, 5.41) is 14.3. The van der Waals surface area contributed by atoms with Gasteiger partial charge in [0, 0.05) is 11.6 Å². The summed E-state index contributed by atoms with van der Waals surface area (Å²) in [5.41, 5.74) is -0.769. The van der Waals surface area contributed by atoms with Gasteiger partial charge in [-0.3, -0.25) is 4.79 Å². The van der Waals surface area contributed by atoms with Crippen LogP contribution in [0.5, 0.6) is 0 Å². The molecule has 2 amide bonds. The van der Waals surface area contributed by atoms with Crippen molar-refractivity contribution < 1.29 is 14.7 Å². The van der Waals surface area contributed by atoms with Gasteiger partial charge in [0.25, 0.3) is 0 Å². The highest BCUT2D eigenvalue weighted by atomic mass is 35.5. The first-order valence-corrected chi connectivity index (χ1v) is 5.42. The number of carbonyl (C=O) groups is 2. The number of urea groups is 1. The largest absolute Gasteiger partial charge is 0.481 e. The molecule has 1 saturated carbocycles. The first kappa shape index (κ1) is 12.8. The number of carbonyl (C=O) groups excluding carboxylic acids is 1. The Labute approximate surface area is 98.8 Å². The van der Waals surface area contributed by atoms with Crippen LogP contribution in [0.15, 0.2) is 11.6 Å². The molecule has 0 unspecified atom stereocenters. The summed E-state index contributed by atoms with van der Waals surface area (Å²) in [5.74, 6) is -0.846. The van der Waals surface area contributed by atoms with Gasteiger partial charge < -0.3 is 15.7 Å². The van der Waals surface area contributed by atoms with E-state index in [1.165, 1.54) is 0 Å². The SMILES string of the molecule is C=C(Cl)CNC(=O)NCC1(C(=O)O)CCC1. The van der Waals surface area contributed by atoms with Crippen LogP contribution in [-0.4, -0.2) is 30.2 Å². The molecule has 0 aromatic heterocycles. The maximum absolute atomic E-state index is 11.2. The second kappa shape index (κ2) is 5.21. The van der Waals surface area contributed by atoms with Crippen molar-refractivity contribution in [3.8, 4) is 0 Å². The topological polar surface area (TPSA) is 78.4 Å². The van der Waals surface area contributed by atoms with Crippen molar-refractivity contribution in [3.63, 3.8) is 0 Å². The Morgan fingerprint density at radius 3 is 2.38 bits per heavy atom. The van der Waals surface area contributed by atoms with E-state index in [1.54, 1.807) is 0 Å². The number of carboxylic acids is 1. The van der Waals surface area contributed by atoms with Gasteiger partial charge in [-0.25, -0.2) is 4.79 Å². The molecule has 0 aromatic carbocycles. The zero-order valence-corrected chi connectivity index (χ0v) is 9.64. The number of nitrogens with one attached hydrogen (secondary N) is 2. The van der Waals surface area contributed by atoms with E-state index in [0.717, 1.165) is 6.42 Å². The van der Waals surface area contributed by atoms with Crippen molar-refractivity contribution in [2.45, 2.75) is 19.3 Å². The fourth-order valence-electron chi connectivity index (χ4n) is 1.56. The van der Waals surface area contributed by atoms with Gasteiger partial charge in [0.15, 0.2) is 0 Å². The lowest BCUT2D eigenvalue weighted by Crippen LogP contribution is -2.49. The van der Waals surface area contributed by atoms with E-state index in [0.29, 0.717) is 17.9 Å².